The van der Waals surface area contributed by atoms with Crippen LogP contribution in [0, 0.1) is 17.8 Å². The molecule has 4 unspecified atom stereocenters. The molecule has 5 N–H and O–H groups in total. The van der Waals surface area contributed by atoms with E-state index in [0.29, 0.717) is 24.8 Å². The van der Waals surface area contributed by atoms with E-state index in [1.165, 1.54) is 37.8 Å². The maximum absolute atomic E-state index is 11.4. The summed E-state index contributed by atoms with van der Waals surface area (Å²) in [6.45, 7) is 2.78. The number of H-pyrrole nitrogens is 1. The van der Waals surface area contributed by atoms with Crippen molar-refractivity contribution in [3.63, 3.8) is 0 Å². The molecule has 3 aliphatic rings. The van der Waals surface area contributed by atoms with Crippen molar-refractivity contribution in [1.82, 2.24) is 4.98 Å². The molecule has 3 saturated carbocycles. The number of fused-ring (bicyclic) bond motifs is 4. The Hall–Kier alpha value is -1.33. The van der Waals surface area contributed by atoms with Gasteiger partial charge in [-0.05, 0) is 67.7 Å². The van der Waals surface area contributed by atoms with Crippen LogP contribution in [0.15, 0.2) is 18.2 Å². The smallest absolute Gasteiger partial charge is 0.404 e. The van der Waals surface area contributed by atoms with Gasteiger partial charge in [0.1, 0.15) is 5.75 Å². The lowest BCUT2D eigenvalue weighted by molar-refractivity contribution is 0.0696. The van der Waals surface area contributed by atoms with Gasteiger partial charge in [-0.2, -0.15) is 0 Å². The molecular formula is C20H29N2O4P. The summed E-state index contributed by atoms with van der Waals surface area (Å²) in [6, 6.07) is 5.34. The number of rotatable bonds is 6. The molecule has 0 spiro atoms. The highest BCUT2D eigenvalue weighted by Gasteiger charge is 2.43. The van der Waals surface area contributed by atoms with E-state index in [1.807, 2.05) is 6.07 Å². The molecule has 6 nitrogen and oxygen atoms in total. The van der Waals surface area contributed by atoms with Crippen molar-refractivity contribution in [3.05, 3.63) is 29.5 Å². The highest BCUT2D eigenvalue weighted by Crippen LogP contribution is 2.55. The lowest BCUT2D eigenvalue weighted by Gasteiger charge is -2.47. The Balaban J connectivity index is 1.82. The van der Waals surface area contributed by atoms with Crippen LogP contribution in [0.4, 0.5) is 0 Å². The van der Waals surface area contributed by atoms with Crippen LogP contribution in [0.25, 0.3) is 10.9 Å². The van der Waals surface area contributed by atoms with Crippen LogP contribution in [0.2, 0.25) is 0 Å². The Morgan fingerprint density at radius 2 is 2.11 bits per heavy atom. The van der Waals surface area contributed by atoms with E-state index in [2.05, 4.69) is 11.9 Å². The molecule has 1 heterocycles. The van der Waals surface area contributed by atoms with E-state index >= 15 is 0 Å². The van der Waals surface area contributed by atoms with Crippen LogP contribution in [0.5, 0.6) is 5.75 Å². The van der Waals surface area contributed by atoms with Gasteiger partial charge in [-0.25, -0.2) is 4.57 Å². The predicted molar refractivity (Wildman–Crippen MR) is 106 cm³/mol. The number of phosphoric ester groups is 1. The molecule has 1 aromatic carbocycles. The Morgan fingerprint density at radius 3 is 2.78 bits per heavy atom. The summed E-state index contributed by atoms with van der Waals surface area (Å²) < 4.78 is 16.5. The summed E-state index contributed by atoms with van der Waals surface area (Å²) in [7, 11) is -4.62. The van der Waals surface area contributed by atoms with Gasteiger partial charge in [0.2, 0.25) is 0 Å². The van der Waals surface area contributed by atoms with Crippen molar-refractivity contribution in [2.24, 2.45) is 23.5 Å². The number of hydrogen-bond donors (Lipinski definition) is 4. The highest BCUT2D eigenvalue weighted by molar-refractivity contribution is 7.46. The number of hydrogen-bond acceptors (Lipinski definition) is 3. The first-order valence-electron chi connectivity index (χ1n) is 10.00. The molecule has 5 rings (SSSR count). The van der Waals surface area contributed by atoms with Gasteiger partial charge in [-0.3, -0.25) is 9.79 Å². The molecule has 2 bridgehead atoms. The highest BCUT2D eigenvalue weighted by atomic mass is 31.2. The Bertz CT molecular complexity index is 874. The van der Waals surface area contributed by atoms with Gasteiger partial charge in [-0.1, -0.05) is 25.8 Å². The SMILES string of the molecule is CCC1CC2CCC1C(c1[nH]c3cccc(OP(=O)(O)O)c3c1CCN)C2. The minimum atomic E-state index is -4.62. The van der Waals surface area contributed by atoms with Crippen LogP contribution in [0.3, 0.4) is 0 Å². The Morgan fingerprint density at radius 1 is 1.30 bits per heavy atom. The fraction of sp³-hybridized carbons (Fsp3) is 0.600. The second-order valence-corrected chi connectivity index (χ2v) is 9.33. The molecule has 3 aliphatic carbocycles. The number of nitrogens with one attached hydrogen (secondary N) is 1. The molecule has 0 aliphatic heterocycles. The summed E-state index contributed by atoms with van der Waals surface area (Å²) in [5.41, 5.74) is 9.06. The molecule has 2 aromatic rings. The fourth-order valence-electron chi connectivity index (χ4n) is 5.69. The van der Waals surface area contributed by atoms with Crippen LogP contribution in [0.1, 0.15) is 56.2 Å². The van der Waals surface area contributed by atoms with Gasteiger partial charge in [0, 0.05) is 22.5 Å². The standard InChI is InChI=1S/C20H29N2O4P/c1-2-13-10-12-6-7-14(13)16(11-12)20-15(8-9-21)19-17(22-20)4-3-5-18(19)26-27(23,24)25/h3-5,12-14,16,22H,2,6-11,21H2,1H3,(H2,23,24,25). The second kappa shape index (κ2) is 7.25. The summed E-state index contributed by atoms with van der Waals surface area (Å²) in [4.78, 5) is 22.2. The average Bonchev–Trinajstić information content (AvgIpc) is 3.00. The predicted octanol–water partition coefficient (Wildman–Crippen LogP) is 4.07. The van der Waals surface area contributed by atoms with Crippen molar-refractivity contribution in [2.45, 2.75) is 51.4 Å². The van der Waals surface area contributed by atoms with Crippen molar-refractivity contribution in [3.8, 4) is 5.75 Å². The number of benzene rings is 1. The third-order valence-corrected chi connectivity index (χ3v) is 7.12. The lowest BCUT2D eigenvalue weighted by atomic mass is 9.58. The Kier molecular flexibility index (Phi) is 5.10. The van der Waals surface area contributed by atoms with Crippen molar-refractivity contribution in [2.75, 3.05) is 6.54 Å². The van der Waals surface area contributed by atoms with E-state index in [1.54, 1.807) is 12.1 Å². The van der Waals surface area contributed by atoms with Gasteiger partial charge in [0.15, 0.2) is 0 Å². The molecule has 27 heavy (non-hydrogen) atoms. The maximum Gasteiger partial charge on any atom is 0.524 e. The molecule has 3 fully saturated rings. The largest absolute Gasteiger partial charge is 0.524 e. The van der Waals surface area contributed by atoms with Crippen LogP contribution < -0.4 is 10.3 Å². The third-order valence-electron chi connectivity index (χ3n) is 6.68. The molecule has 0 radical (unpaired) electrons. The summed E-state index contributed by atoms with van der Waals surface area (Å²) in [5, 5.41) is 0.774. The lowest BCUT2D eigenvalue weighted by Crippen LogP contribution is -2.37. The van der Waals surface area contributed by atoms with Crippen molar-refractivity contribution < 1.29 is 18.9 Å². The van der Waals surface area contributed by atoms with Gasteiger partial charge < -0.3 is 15.2 Å². The molecule has 148 valence electrons. The minimum absolute atomic E-state index is 0.236. The van der Waals surface area contributed by atoms with Crippen molar-refractivity contribution in [1.29, 1.82) is 0 Å². The number of aromatic amines is 1. The first-order valence-corrected chi connectivity index (χ1v) is 11.5. The monoisotopic (exact) mass is 392 g/mol. The first kappa shape index (κ1) is 19.0. The van der Waals surface area contributed by atoms with E-state index in [0.717, 1.165) is 28.3 Å². The quantitative estimate of drug-likeness (QED) is 0.554. The number of aromatic nitrogens is 1. The van der Waals surface area contributed by atoms with Crippen LogP contribution in [-0.2, 0) is 11.0 Å². The normalized spacial score (nSPS) is 28.0. The molecule has 0 amide bonds. The van der Waals surface area contributed by atoms with Gasteiger partial charge >= 0.3 is 7.82 Å². The molecule has 7 heteroatoms. The topological polar surface area (TPSA) is 109 Å². The number of phosphoric acid groups is 1. The molecular weight excluding hydrogens is 363 g/mol. The zero-order valence-corrected chi connectivity index (χ0v) is 16.6. The first-order chi connectivity index (χ1) is 12.9. The summed E-state index contributed by atoms with van der Waals surface area (Å²) in [5.74, 6) is 2.94. The third kappa shape index (κ3) is 3.56. The van der Waals surface area contributed by atoms with E-state index in [9.17, 15) is 14.4 Å². The zero-order chi connectivity index (χ0) is 19.2. The van der Waals surface area contributed by atoms with Crippen LogP contribution in [-0.4, -0.2) is 21.3 Å². The molecule has 0 saturated heterocycles. The van der Waals surface area contributed by atoms with Crippen LogP contribution >= 0.6 is 7.82 Å². The maximum atomic E-state index is 11.4. The minimum Gasteiger partial charge on any atom is -0.404 e. The van der Waals surface area contributed by atoms with E-state index in [4.69, 9.17) is 10.3 Å². The van der Waals surface area contributed by atoms with Crippen molar-refractivity contribution >= 4 is 18.7 Å². The number of nitrogens with two attached hydrogens (primary N) is 1. The molecule has 4 atom stereocenters. The van der Waals surface area contributed by atoms with E-state index < -0.39 is 7.82 Å². The second-order valence-electron chi connectivity index (χ2n) is 8.17. The Labute approximate surface area is 159 Å². The molecule has 1 aromatic heterocycles. The summed E-state index contributed by atoms with van der Waals surface area (Å²) in [6.07, 6.45) is 7.03. The van der Waals surface area contributed by atoms with E-state index in [-0.39, 0.29) is 5.75 Å². The van der Waals surface area contributed by atoms with Gasteiger partial charge in [0.25, 0.3) is 0 Å². The fourth-order valence-corrected chi connectivity index (χ4v) is 6.10. The van der Waals surface area contributed by atoms with Gasteiger partial charge in [0.05, 0.1) is 0 Å². The van der Waals surface area contributed by atoms with Gasteiger partial charge in [-0.15, -0.1) is 0 Å². The zero-order valence-electron chi connectivity index (χ0n) is 15.7. The average molecular weight is 392 g/mol. The summed E-state index contributed by atoms with van der Waals surface area (Å²) >= 11 is 0.